The zero-order valence-corrected chi connectivity index (χ0v) is 9.02. The lowest BCUT2D eigenvalue weighted by Gasteiger charge is -2.07. The molecule has 0 aromatic heterocycles. The van der Waals surface area contributed by atoms with Crippen LogP contribution >= 0.6 is 24.0 Å². The summed E-state index contributed by atoms with van der Waals surface area (Å²) in [5.74, 6) is -0.336. The molecular weight excluding hydrogens is 218 g/mol. The maximum Gasteiger partial charge on any atom is 0.133 e. The molecule has 0 spiro atoms. The van der Waals surface area contributed by atoms with E-state index in [1.54, 1.807) is 0 Å². The highest BCUT2D eigenvalue weighted by molar-refractivity contribution is 8.22. The molecule has 12 heavy (non-hydrogen) atoms. The minimum atomic E-state index is -4.07. The lowest BCUT2D eigenvalue weighted by molar-refractivity contribution is 0.461. The molecule has 0 radical (unpaired) electrons. The molecule has 0 aliphatic rings. The summed E-state index contributed by atoms with van der Waals surface area (Å²) < 4.78 is 31.0. The van der Waals surface area contributed by atoms with Crippen molar-refractivity contribution in [2.75, 3.05) is 18.6 Å². The van der Waals surface area contributed by atoms with E-state index in [1.807, 2.05) is 6.26 Å². The molecule has 0 fully saturated rings. The molecule has 0 bridgehead atoms. The van der Waals surface area contributed by atoms with E-state index in [0.717, 1.165) is 0 Å². The molecule has 4 nitrogen and oxygen atoms in total. The highest BCUT2D eigenvalue weighted by atomic mass is 32.2. The van der Waals surface area contributed by atoms with Crippen LogP contribution in [0.15, 0.2) is 0 Å². The van der Waals surface area contributed by atoms with Gasteiger partial charge >= 0.3 is 0 Å². The Labute approximate surface area is 81.9 Å². The van der Waals surface area contributed by atoms with Gasteiger partial charge in [-0.1, -0.05) is 12.2 Å². The van der Waals surface area contributed by atoms with Crippen LogP contribution in [0.4, 0.5) is 0 Å². The van der Waals surface area contributed by atoms with E-state index in [2.05, 4.69) is 5.32 Å². The number of rotatable bonds is 4. The fraction of sp³-hybridized carbons (Fsp3) is 0.800. The minimum absolute atomic E-state index is 0.298. The zero-order valence-electron chi connectivity index (χ0n) is 6.57. The molecule has 0 unspecified atom stereocenters. The van der Waals surface area contributed by atoms with Crippen LogP contribution in [0.1, 0.15) is 6.42 Å². The average Bonchev–Trinajstić information content (AvgIpc) is 1.96. The third-order valence-electron chi connectivity index (χ3n) is 1.03. The summed E-state index contributed by atoms with van der Waals surface area (Å²) in [7, 11) is -4.07. The van der Waals surface area contributed by atoms with Gasteiger partial charge in [-0.05, 0) is 12.7 Å². The first-order valence-corrected chi connectivity index (χ1v) is 6.42. The first-order chi connectivity index (χ1) is 5.45. The smallest absolute Gasteiger partial charge is 0.133 e. The molecule has 0 saturated carbocycles. The largest absolute Gasteiger partial charge is 0.748 e. The van der Waals surface area contributed by atoms with Crippen molar-refractivity contribution in [1.29, 1.82) is 0 Å². The van der Waals surface area contributed by atoms with E-state index < -0.39 is 10.1 Å². The van der Waals surface area contributed by atoms with Gasteiger partial charge in [0.05, 0.1) is 10.1 Å². The molecule has 0 saturated heterocycles. The summed E-state index contributed by atoms with van der Waals surface area (Å²) >= 11 is 6.16. The standard InChI is InChI=1S/C5H11NO3S3/c1-11-5(10)6-3-2-4-12(7,8)9/h2-4H2,1H3,(H,6,10)(H,7,8,9)/p-1. The van der Waals surface area contributed by atoms with Crippen molar-refractivity contribution in [2.24, 2.45) is 0 Å². The maximum absolute atomic E-state index is 10.1. The number of hydrogen-bond acceptors (Lipinski definition) is 5. The Morgan fingerprint density at radius 2 is 2.25 bits per heavy atom. The third-order valence-corrected chi connectivity index (χ3v) is 2.97. The average molecular weight is 228 g/mol. The summed E-state index contributed by atoms with van der Waals surface area (Å²) in [6, 6.07) is 0. The van der Waals surface area contributed by atoms with Crippen molar-refractivity contribution in [2.45, 2.75) is 6.42 Å². The molecule has 0 aromatic rings. The Bertz CT molecular complexity index is 236. The SMILES string of the molecule is CSC(=S)NCCCS(=O)(=O)[O-]. The quantitative estimate of drug-likeness (QED) is 0.420. The second kappa shape index (κ2) is 5.74. The topological polar surface area (TPSA) is 69.2 Å². The van der Waals surface area contributed by atoms with Gasteiger partial charge < -0.3 is 9.87 Å². The van der Waals surface area contributed by atoms with Crippen molar-refractivity contribution in [3.63, 3.8) is 0 Å². The van der Waals surface area contributed by atoms with Gasteiger partial charge in [0.1, 0.15) is 4.32 Å². The van der Waals surface area contributed by atoms with Gasteiger partial charge in [0.25, 0.3) is 0 Å². The molecule has 0 aliphatic heterocycles. The summed E-state index contributed by atoms with van der Waals surface area (Å²) in [4.78, 5) is 0. The van der Waals surface area contributed by atoms with Gasteiger partial charge in [0, 0.05) is 12.3 Å². The normalized spacial score (nSPS) is 11.2. The minimum Gasteiger partial charge on any atom is -0.748 e. The van der Waals surface area contributed by atoms with Crippen LogP contribution in [0.25, 0.3) is 0 Å². The van der Waals surface area contributed by atoms with Crippen LogP contribution in [0.5, 0.6) is 0 Å². The highest BCUT2D eigenvalue weighted by Gasteiger charge is 1.95. The van der Waals surface area contributed by atoms with E-state index >= 15 is 0 Å². The monoisotopic (exact) mass is 228 g/mol. The van der Waals surface area contributed by atoms with E-state index in [1.165, 1.54) is 11.8 Å². The van der Waals surface area contributed by atoms with E-state index in [4.69, 9.17) is 12.2 Å². The van der Waals surface area contributed by atoms with Crippen molar-refractivity contribution in [1.82, 2.24) is 5.32 Å². The zero-order chi connectivity index (χ0) is 9.61. The summed E-state index contributed by atoms with van der Waals surface area (Å²) in [6.07, 6.45) is 2.12. The Hall–Kier alpha value is 0.150. The van der Waals surface area contributed by atoms with Crippen LogP contribution < -0.4 is 5.32 Å². The van der Waals surface area contributed by atoms with Gasteiger partial charge in [-0.3, -0.25) is 0 Å². The Balaban J connectivity index is 3.40. The number of hydrogen-bond donors (Lipinski definition) is 1. The Morgan fingerprint density at radius 3 is 2.67 bits per heavy atom. The number of nitrogens with one attached hydrogen (secondary N) is 1. The molecule has 0 aromatic carbocycles. The molecule has 72 valence electrons. The molecule has 0 heterocycles. The number of thioether (sulfide) groups is 1. The van der Waals surface area contributed by atoms with Gasteiger partial charge in [-0.25, -0.2) is 8.42 Å². The molecule has 0 atom stereocenters. The Morgan fingerprint density at radius 1 is 1.67 bits per heavy atom. The molecule has 1 N–H and O–H groups in total. The van der Waals surface area contributed by atoms with Gasteiger partial charge in [0.15, 0.2) is 0 Å². The molecule has 0 rings (SSSR count). The van der Waals surface area contributed by atoms with Crippen molar-refractivity contribution >= 4 is 38.4 Å². The molecule has 0 amide bonds. The molecule has 7 heteroatoms. The van der Waals surface area contributed by atoms with Crippen molar-refractivity contribution in [3.8, 4) is 0 Å². The lowest BCUT2D eigenvalue weighted by Crippen LogP contribution is -2.21. The third kappa shape index (κ3) is 8.25. The van der Waals surface area contributed by atoms with Crippen LogP contribution in [0.2, 0.25) is 0 Å². The van der Waals surface area contributed by atoms with Crippen LogP contribution in [0.3, 0.4) is 0 Å². The first-order valence-electron chi connectivity index (χ1n) is 3.21. The van der Waals surface area contributed by atoms with E-state index in [0.29, 0.717) is 17.3 Å². The summed E-state index contributed by atoms with van der Waals surface area (Å²) in [5, 5.41) is 2.80. The van der Waals surface area contributed by atoms with Crippen molar-refractivity contribution < 1.29 is 13.0 Å². The van der Waals surface area contributed by atoms with E-state index in [9.17, 15) is 13.0 Å². The van der Waals surface area contributed by atoms with Gasteiger partial charge in [-0.2, -0.15) is 0 Å². The van der Waals surface area contributed by atoms with Gasteiger partial charge in [0.2, 0.25) is 0 Å². The predicted octanol–water partition coefficient (Wildman–Crippen LogP) is 0.159. The molecular formula is C5H10NO3S3-. The second-order valence-electron chi connectivity index (χ2n) is 2.03. The fourth-order valence-corrected chi connectivity index (χ4v) is 1.36. The van der Waals surface area contributed by atoms with Crippen LogP contribution in [-0.4, -0.2) is 35.8 Å². The van der Waals surface area contributed by atoms with Crippen LogP contribution in [-0.2, 0) is 10.1 Å². The fourth-order valence-electron chi connectivity index (χ4n) is 0.512. The van der Waals surface area contributed by atoms with Crippen LogP contribution in [0, 0.1) is 0 Å². The highest BCUT2D eigenvalue weighted by Crippen LogP contribution is 1.94. The van der Waals surface area contributed by atoms with Gasteiger partial charge in [-0.15, -0.1) is 11.8 Å². The summed E-state index contributed by atoms with van der Waals surface area (Å²) in [5.41, 5.74) is 0. The summed E-state index contributed by atoms with van der Waals surface area (Å²) in [6.45, 7) is 0.432. The maximum atomic E-state index is 10.1. The second-order valence-corrected chi connectivity index (χ2v) is 5.04. The predicted molar refractivity (Wildman–Crippen MR) is 53.3 cm³/mol. The number of thiocarbonyl (C=S) groups is 1. The molecule has 0 aliphatic carbocycles. The Kier molecular flexibility index (Phi) is 5.81. The lowest BCUT2D eigenvalue weighted by atomic mass is 10.5. The van der Waals surface area contributed by atoms with E-state index in [-0.39, 0.29) is 5.75 Å². The van der Waals surface area contributed by atoms with Crippen molar-refractivity contribution in [3.05, 3.63) is 0 Å². The first kappa shape index (κ1) is 12.2.